The number of halogens is 1. The fourth-order valence-corrected chi connectivity index (χ4v) is 3.34. The van der Waals surface area contributed by atoms with Gasteiger partial charge in [-0.25, -0.2) is 9.07 Å². The van der Waals surface area contributed by atoms with Crippen molar-refractivity contribution >= 4 is 5.91 Å². The van der Waals surface area contributed by atoms with E-state index in [1.165, 1.54) is 12.1 Å². The zero-order chi connectivity index (χ0) is 17.8. The smallest absolute Gasteiger partial charge is 0.228 e. The molecule has 134 valence electrons. The number of aliphatic hydroxyl groups excluding tert-OH is 1. The Morgan fingerprint density at radius 2 is 2.00 bits per heavy atom. The van der Waals surface area contributed by atoms with Crippen LogP contribution < -0.4 is 0 Å². The van der Waals surface area contributed by atoms with Gasteiger partial charge in [-0.05, 0) is 43.2 Å². The molecule has 0 saturated heterocycles. The zero-order valence-corrected chi connectivity index (χ0v) is 14.4. The lowest BCUT2D eigenvalue weighted by Gasteiger charge is -2.31. The number of carbonyl (C=O) groups is 1. The Bertz CT molecular complexity index is 714. The molecule has 2 unspecified atom stereocenters. The summed E-state index contributed by atoms with van der Waals surface area (Å²) in [6.07, 6.45) is 5.66. The molecule has 1 aromatic carbocycles. The summed E-state index contributed by atoms with van der Waals surface area (Å²) in [6.45, 7) is 0.582. The zero-order valence-electron chi connectivity index (χ0n) is 14.4. The second-order valence-corrected chi connectivity index (χ2v) is 6.79. The van der Waals surface area contributed by atoms with Gasteiger partial charge in [-0.1, -0.05) is 12.8 Å². The highest BCUT2D eigenvalue weighted by molar-refractivity contribution is 5.78. The van der Waals surface area contributed by atoms with Crippen LogP contribution in [0.1, 0.15) is 31.4 Å². The third-order valence-corrected chi connectivity index (χ3v) is 4.87. The lowest BCUT2D eigenvalue weighted by molar-refractivity contribution is -0.130. The Morgan fingerprint density at radius 3 is 2.72 bits per heavy atom. The average molecular weight is 345 g/mol. The first-order valence-electron chi connectivity index (χ1n) is 8.75. The summed E-state index contributed by atoms with van der Waals surface area (Å²) < 4.78 is 14.6. The van der Waals surface area contributed by atoms with E-state index in [1.54, 1.807) is 41.0 Å². The first-order valence-corrected chi connectivity index (χ1v) is 8.75. The average Bonchev–Trinajstić information content (AvgIpc) is 3.06. The van der Waals surface area contributed by atoms with E-state index in [0.29, 0.717) is 12.2 Å². The van der Waals surface area contributed by atoms with E-state index >= 15 is 0 Å². The van der Waals surface area contributed by atoms with E-state index < -0.39 is 0 Å². The molecular formula is C19H24FN3O2. The van der Waals surface area contributed by atoms with Crippen LogP contribution in [0.4, 0.5) is 4.39 Å². The molecule has 6 heteroatoms. The Kier molecular flexibility index (Phi) is 5.48. The SMILES string of the molecule is CN(CC1CCCCC1O)C(=O)Cc1ccn(-c2ccc(F)cc2)n1. The number of benzene rings is 1. The van der Waals surface area contributed by atoms with Gasteiger partial charge in [0.25, 0.3) is 0 Å². The van der Waals surface area contributed by atoms with Gasteiger partial charge >= 0.3 is 0 Å². The topological polar surface area (TPSA) is 58.4 Å². The van der Waals surface area contributed by atoms with E-state index in [9.17, 15) is 14.3 Å². The molecule has 1 aliphatic rings. The van der Waals surface area contributed by atoms with Crippen molar-refractivity contribution in [3.63, 3.8) is 0 Å². The molecule has 2 atom stereocenters. The largest absolute Gasteiger partial charge is 0.393 e. The molecule has 2 aromatic rings. The lowest BCUT2D eigenvalue weighted by Crippen LogP contribution is -2.38. The van der Waals surface area contributed by atoms with Gasteiger partial charge in [0.1, 0.15) is 5.82 Å². The highest BCUT2D eigenvalue weighted by atomic mass is 19.1. The maximum Gasteiger partial charge on any atom is 0.228 e. The van der Waals surface area contributed by atoms with E-state index in [4.69, 9.17) is 0 Å². The number of carbonyl (C=O) groups excluding carboxylic acids is 1. The maximum absolute atomic E-state index is 13.0. The summed E-state index contributed by atoms with van der Waals surface area (Å²) in [5.41, 5.74) is 1.42. The molecule has 0 aliphatic heterocycles. The quantitative estimate of drug-likeness (QED) is 0.906. The molecule has 0 bridgehead atoms. The molecule has 25 heavy (non-hydrogen) atoms. The minimum absolute atomic E-state index is 0.0119. The van der Waals surface area contributed by atoms with E-state index in [-0.39, 0.29) is 30.2 Å². The van der Waals surface area contributed by atoms with Crippen LogP contribution in [0.2, 0.25) is 0 Å². The van der Waals surface area contributed by atoms with Crippen LogP contribution >= 0.6 is 0 Å². The first kappa shape index (κ1) is 17.6. The Morgan fingerprint density at radius 1 is 1.28 bits per heavy atom. The van der Waals surface area contributed by atoms with Crippen molar-refractivity contribution < 1.29 is 14.3 Å². The van der Waals surface area contributed by atoms with Crippen molar-refractivity contribution in [2.45, 2.75) is 38.2 Å². The number of nitrogens with zero attached hydrogens (tertiary/aromatic N) is 3. The van der Waals surface area contributed by atoms with Crippen LogP contribution in [0.15, 0.2) is 36.5 Å². The van der Waals surface area contributed by atoms with Gasteiger partial charge in [-0.2, -0.15) is 5.10 Å². The monoisotopic (exact) mass is 345 g/mol. The predicted molar refractivity (Wildman–Crippen MR) is 92.8 cm³/mol. The molecule has 1 aliphatic carbocycles. The summed E-state index contributed by atoms with van der Waals surface area (Å²) in [7, 11) is 1.78. The van der Waals surface area contributed by atoms with Gasteiger partial charge in [0.2, 0.25) is 5.91 Å². The summed E-state index contributed by atoms with van der Waals surface area (Å²) >= 11 is 0. The van der Waals surface area contributed by atoms with Crippen molar-refractivity contribution in [3.05, 3.63) is 48.0 Å². The molecule has 1 N–H and O–H groups in total. The highest BCUT2D eigenvalue weighted by Gasteiger charge is 2.25. The Balaban J connectivity index is 1.58. The number of hydrogen-bond donors (Lipinski definition) is 1. The van der Waals surface area contributed by atoms with Crippen molar-refractivity contribution in [1.29, 1.82) is 0 Å². The summed E-state index contributed by atoms with van der Waals surface area (Å²) in [5, 5.41) is 14.4. The predicted octanol–water partition coefficient (Wildman–Crippen LogP) is 2.56. The van der Waals surface area contributed by atoms with Crippen molar-refractivity contribution in [2.24, 2.45) is 5.92 Å². The maximum atomic E-state index is 13.0. The highest BCUT2D eigenvalue weighted by Crippen LogP contribution is 2.25. The van der Waals surface area contributed by atoms with Crippen LogP contribution in [-0.2, 0) is 11.2 Å². The molecule has 1 amide bonds. The number of likely N-dealkylation sites (N-methyl/N-ethyl adjacent to an activating group) is 1. The molecule has 1 aromatic heterocycles. The number of aromatic nitrogens is 2. The minimum atomic E-state index is -0.304. The van der Waals surface area contributed by atoms with Crippen molar-refractivity contribution in [2.75, 3.05) is 13.6 Å². The number of amides is 1. The standard InChI is InChI=1S/C19H24FN3O2/c1-22(13-14-4-2-3-5-18(14)24)19(25)12-16-10-11-23(21-16)17-8-6-15(20)7-9-17/h6-11,14,18,24H,2-5,12-13H2,1H3. The van der Waals surface area contributed by atoms with Crippen LogP contribution in [0.3, 0.4) is 0 Å². The third kappa shape index (κ3) is 4.45. The fourth-order valence-electron chi connectivity index (χ4n) is 3.34. The second-order valence-electron chi connectivity index (χ2n) is 6.79. The molecule has 1 fully saturated rings. The third-order valence-electron chi connectivity index (χ3n) is 4.87. The van der Waals surface area contributed by atoms with Crippen molar-refractivity contribution in [3.8, 4) is 5.69 Å². The fraction of sp³-hybridized carbons (Fsp3) is 0.474. The van der Waals surface area contributed by atoms with Gasteiger partial charge in [0, 0.05) is 25.7 Å². The summed E-state index contributed by atoms with van der Waals surface area (Å²) in [5.74, 6) is -0.139. The van der Waals surface area contributed by atoms with Gasteiger partial charge in [0.05, 0.1) is 23.9 Å². The van der Waals surface area contributed by atoms with Crippen LogP contribution in [0.25, 0.3) is 5.69 Å². The van der Waals surface area contributed by atoms with Gasteiger partial charge in [0.15, 0.2) is 0 Å². The van der Waals surface area contributed by atoms with Crippen LogP contribution in [0.5, 0.6) is 0 Å². The van der Waals surface area contributed by atoms with E-state index in [0.717, 1.165) is 31.4 Å². The van der Waals surface area contributed by atoms with Crippen LogP contribution in [-0.4, -0.2) is 45.4 Å². The number of rotatable bonds is 5. The van der Waals surface area contributed by atoms with E-state index in [2.05, 4.69) is 5.10 Å². The van der Waals surface area contributed by atoms with Gasteiger partial charge in [-0.3, -0.25) is 4.79 Å². The molecule has 0 radical (unpaired) electrons. The Hall–Kier alpha value is -2.21. The molecular weight excluding hydrogens is 321 g/mol. The second kappa shape index (κ2) is 7.78. The first-order chi connectivity index (χ1) is 12.0. The molecule has 1 heterocycles. The molecule has 1 saturated carbocycles. The summed E-state index contributed by atoms with van der Waals surface area (Å²) in [4.78, 5) is 14.1. The minimum Gasteiger partial charge on any atom is -0.393 e. The number of hydrogen-bond acceptors (Lipinski definition) is 3. The Labute approximate surface area is 147 Å². The van der Waals surface area contributed by atoms with Gasteiger partial charge < -0.3 is 10.0 Å². The summed E-state index contributed by atoms with van der Waals surface area (Å²) in [6, 6.07) is 7.84. The molecule has 3 rings (SSSR count). The molecule has 0 spiro atoms. The lowest BCUT2D eigenvalue weighted by atomic mass is 9.86. The van der Waals surface area contributed by atoms with Crippen molar-refractivity contribution in [1.82, 2.24) is 14.7 Å². The van der Waals surface area contributed by atoms with E-state index in [1.807, 2.05) is 0 Å². The number of aliphatic hydroxyl groups is 1. The normalized spacial score (nSPS) is 20.4. The van der Waals surface area contributed by atoms with Crippen LogP contribution in [0, 0.1) is 11.7 Å². The molecule has 5 nitrogen and oxygen atoms in total. The van der Waals surface area contributed by atoms with Gasteiger partial charge in [-0.15, -0.1) is 0 Å².